The minimum Gasteiger partial charge on any atom is -0.299 e. The Bertz CT molecular complexity index is 453. The zero-order valence-electron chi connectivity index (χ0n) is 8.02. The van der Waals surface area contributed by atoms with E-state index < -0.39 is 10.0 Å². The number of carbonyl (C=O) groups is 1. The summed E-state index contributed by atoms with van der Waals surface area (Å²) in [5.74, 6) is -0.245. The third-order valence-electron chi connectivity index (χ3n) is 1.57. The van der Waals surface area contributed by atoms with E-state index in [9.17, 15) is 13.2 Å². The van der Waals surface area contributed by atoms with Gasteiger partial charge in [0.1, 0.15) is 0 Å². The first-order valence-electron chi connectivity index (χ1n) is 4.05. The molecule has 1 amide bonds. The molecule has 6 nitrogen and oxygen atoms in total. The van der Waals surface area contributed by atoms with Crippen LogP contribution in [-0.4, -0.2) is 14.3 Å². The van der Waals surface area contributed by atoms with E-state index in [1.807, 2.05) is 0 Å². The molecule has 1 aromatic rings. The van der Waals surface area contributed by atoms with E-state index in [-0.39, 0.29) is 10.8 Å². The Morgan fingerprint density at radius 3 is 2.20 bits per heavy atom. The van der Waals surface area contributed by atoms with Crippen molar-refractivity contribution in [1.82, 2.24) is 5.43 Å². The van der Waals surface area contributed by atoms with Crippen LogP contribution in [0.15, 0.2) is 29.2 Å². The summed E-state index contributed by atoms with van der Waals surface area (Å²) in [6, 6.07) is 5.68. The number of hydrogen-bond acceptors (Lipinski definition) is 4. The third-order valence-corrected chi connectivity index (χ3v) is 2.49. The lowest BCUT2D eigenvalue weighted by molar-refractivity contribution is -0.118. The molecule has 0 aromatic heterocycles. The van der Waals surface area contributed by atoms with Gasteiger partial charge in [-0.25, -0.2) is 13.6 Å². The topological polar surface area (TPSA) is 101 Å². The highest BCUT2D eigenvalue weighted by molar-refractivity contribution is 7.89. The minimum absolute atomic E-state index is 0.0240. The normalized spacial score (nSPS) is 10.8. The minimum atomic E-state index is -3.67. The third kappa shape index (κ3) is 3.56. The molecule has 82 valence electrons. The zero-order chi connectivity index (χ0) is 11.5. The molecule has 0 fully saturated rings. The summed E-state index contributed by atoms with van der Waals surface area (Å²) in [5, 5.41) is 4.91. The highest BCUT2D eigenvalue weighted by atomic mass is 32.2. The number of hydrogen-bond donors (Lipinski definition) is 3. The molecule has 0 spiro atoms. The number of hydrazine groups is 1. The fourth-order valence-electron chi connectivity index (χ4n) is 0.888. The summed E-state index contributed by atoms with van der Waals surface area (Å²) >= 11 is 0. The molecule has 0 saturated heterocycles. The van der Waals surface area contributed by atoms with Crippen molar-refractivity contribution in [2.24, 2.45) is 5.14 Å². The highest BCUT2D eigenvalue weighted by Gasteiger charge is 2.06. The molecule has 0 bridgehead atoms. The smallest absolute Gasteiger partial charge is 0.238 e. The molecule has 0 heterocycles. The number of amides is 1. The fourth-order valence-corrected chi connectivity index (χ4v) is 1.40. The van der Waals surface area contributed by atoms with Crippen LogP contribution in [-0.2, 0) is 14.8 Å². The van der Waals surface area contributed by atoms with Crippen molar-refractivity contribution in [3.8, 4) is 0 Å². The summed E-state index contributed by atoms with van der Waals surface area (Å²) in [7, 11) is -3.67. The monoisotopic (exact) mass is 229 g/mol. The predicted octanol–water partition coefficient (Wildman–Crippen LogP) is -0.203. The van der Waals surface area contributed by atoms with Gasteiger partial charge in [0.25, 0.3) is 0 Å². The largest absolute Gasteiger partial charge is 0.299 e. The van der Waals surface area contributed by atoms with Crippen LogP contribution in [0.1, 0.15) is 6.92 Å². The number of carbonyl (C=O) groups excluding carboxylic acids is 1. The van der Waals surface area contributed by atoms with Gasteiger partial charge in [-0.15, -0.1) is 0 Å². The van der Waals surface area contributed by atoms with E-state index in [0.717, 1.165) is 0 Å². The highest BCUT2D eigenvalue weighted by Crippen LogP contribution is 2.11. The maximum Gasteiger partial charge on any atom is 0.238 e. The van der Waals surface area contributed by atoms with Crippen molar-refractivity contribution in [1.29, 1.82) is 0 Å². The first kappa shape index (κ1) is 11.5. The van der Waals surface area contributed by atoms with Crippen molar-refractivity contribution in [2.45, 2.75) is 11.8 Å². The number of rotatable bonds is 3. The molecule has 0 unspecified atom stereocenters. The second kappa shape index (κ2) is 4.28. The molecule has 0 aliphatic carbocycles. The number of nitrogens with one attached hydrogen (secondary N) is 2. The van der Waals surface area contributed by atoms with Crippen molar-refractivity contribution < 1.29 is 13.2 Å². The van der Waals surface area contributed by atoms with Crippen LogP contribution in [0.4, 0.5) is 5.69 Å². The van der Waals surface area contributed by atoms with Crippen LogP contribution in [0.5, 0.6) is 0 Å². The van der Waals surface area contributed by atoms with Gasteiger partial charge in [-0.2, -0.15) is 0 Å². The SMILES string of the molecule is CC(=O)NNc1ccc(S(N)(=O)=O)cc1. The van der Waals surface area contributed by atoms with Gasteiger partial charge in [-0.05, 0) is 24.3 Å². The van der Waals surface area contributed by atoms with E-state index in [1.54, 1.807) is 0 Å². The van der Waals surface area contributed by atoms with Gasteiger partial charge in [0.05, 0.1) is 10.6 Å². The molecule has 1 rings (SSSR count). The fraction of sp³-hybridized carbons (Fsp3) is 0.125. The predicted molar refractivity (Wildman–Crippen MR) is 55.3 cm³/mol. The van der Waals surface area contributed by atoms with Gasteiger partial charge >= 0.3 is 0 Å². The second-order valence-electron chi connectivity index (χ2n) is 2.88. The van der Waals surface area contributed by atoms with Gasteiger partial charge in [-0.1, -0.05) is 0 Å². The van der Waals surface area contributed by atoms with Crippen LogP contribution in [0, 0.1) is 0 Å². The molecule has 1 aromatic carbocycles. The van der Waals surface area contributed by atoms with E-state index in [4.69, 9.17) is 5.14 Å². The van der Waals surface area contributed by atoms with Crippen molar-refractivity contribution in [3.63, 3.8) is 0 Å². The van der Waals surface area contributed by atoms with Crippen molar-refractivity contribution >= 4 is 21.6 Å². The number of anilines is 1. The van der Waals surface area contributed by atoms with Gasteiger partial charge in [0, 0.05) is 6.92 Å². The van der Waals surface area contributed by atoms with Crippen molar-refractivity contribution in [3.05, 3.63) is 24.3 Å². The van der Waals surface area contributed by atoms with Crippen LogP contribution in [0.2, 0.25) is 0 Å². The first-order chi connectivity index (χ1) is 6.89. The van der Waals surface area contributed by atoms with E-state index >= 15 is 0 Å². The molecule has 0 saturated carbocycles. The molecular weight excluding hydrogens is 218 g/mol. The van der Waals surface area contributed by atoms with Crippen LogP contribution in [0.25, 0.3) is 0 Å². The maximum absolute atomic E-state index is 10.9. The van der Waals surface area contributed by atoms with Crippen LogP contribution < -0.4 is 16.0 Å². The summed E-state index contributed by atoms with van der Waals surface area (Å²) in [4.78, 5) is 10.6. The molecule has 0 aliphatic rings. The summed E-state index contributed by atoms with van der Waals surface area (Å²) in [5.41, 5.74) is 5.51. The molecule has 0 atom stereocenters. The average Bonchev–Trinajstić information content (AvgIpc) is 2.14. The van der Waals surface area contributed by atoms with E-state index in [0.29, 0.717) is 5.69 Å². The Kier molecular flexibility index (Phi) is 3.28. The lowest BCUT2D eigenvalue weighted by Gasteiger charge is -2.06. The van der Waals surface area contributed by atoms with Gasteiger partial charge in [0.2, 0.25) is 15.9 Å². The summed E-state index contributed by atoms with van der Waals surface area (Å²) in [6.45, 7) is 1.35. The molecule has 4 N–H and O–H groups in total. The number of sulfonamides is 1. The van der Waals surface area contributed by atoms with Crippen molar-refractivity contribution in [2.75, 3.05) is 5.43 Å². The van der Waals surface area contributed by atoms with E-state index in [1.165, 1.54) is 31.2 Å². The number of primary sulfonamides is 1. The Labute approximate surface area is 87.5 Å². The van der Waals surface area contributed by atoms with Gasteiger partial charge < -0.3 is 0 Å². The first-order valence-corrected chi connectivity index (χ1v) is 5.59. The molecule has 0 aliphatic heterocycles. The second-order valence-corrected chi connectivity index (χ2v) is 4.44. The molecule has 15 heavy (non-hydrogen) atoms. The zero-order valence-corrected chi connectivity index (χ0v) is 8.84. The molecular formula is C8H11N3O3S. The number of nitrogens with two attached hydrogens (primary N) is 1. The quantitative estimate of drug-likeness (QED) is 0.624. The van der Waals surface area contributed by atoms with Crippen LogP contribution in [0.3, 0.4) is 0 Å². The maximum atomic E-state index is 10.9. The Hall–Kier alpha value is -1.60. The average molecular weight is 229 g/mol. The lowest BCUT2D eigenvalue weighted by Crippen LogP contribution is -2.26. The molecule has 7 heteroatoms. The van der Waals surface area contributed by atoms with Gasteiger partial charge in [0.15, 0.2) is 0 Å². The number of benzene rings is 1. The lowest BCUT2D eigenvalue weighted by atomic mass is 10.3. The molecule has 0 radical (unpaired) electrons. The van der Waals surface area contributed by atoms with Crippen LogP contribution >= 0.6 is 0 Å². The standard InChI is InChI=1S/C8H11N3O3S/c1-6(12)10-11-7-2-4-8(5-3-7)15(9,13)14/h2-5,11H,1H3,(H,10,12)(H2,9,13,14). The Morgan fingerprint density at radius 2 is 1.80 bits per heavy atom. The van der Waals surface area contributed by atoms with Gasteiger partial charge in [-0.3, -0.25) is 15.6 Å². The Morgan fingerprint density at radius 1 is 1.27 bits per heavy atom. The summed E-state index contributed by atoms with van der Waals surface area (Å²) in [6.07, 6.45) is 0. The van der Waals surface area contributed by atoms with E-state index in [2.05, 4.69) is 10.9 Å². The summed E-state index contributed by atoms with van der Waals surface area (Å²) < 4.78 is 21.8. The Balaban J connectivity index is 2.77.